The maximum absolute atomic E-state index is 12.3. The molecular weight excluding hydrogens is 326 g/mol. The van der Waals surface area contributed by atoms with Crippen molar-refractivity contribution in [1.82, 2.24) is 4.98 Å². The molecule has 23 heavy (non-hydrogen) atoms. The molecule has 0 saturated heterocycles. The minimum atomic E-state index is -0.258. The van der Waals surface area contributed by atoms with E-state index in [2.05, 4.69) is 16.4 Å². The zero-order valence-corrected chi connectivity index (χ0v) is 13.9. The summed E-state index contributed by atoms with van der Waals surface area (Å²) < 4.78 is 2.00. The molecule has 0 unspecified atom stereocenters. The Morgan fingerprint density at radius 3 is 2.70 bits per heavy atom. The van der Waals surface area contributed by atoms with Crippen LogP contribution in [0.4, 0.5) is 5.69 Å². The van der Waals surface area contributed by atoms with Crippen molar-refractivity contribution < 1.29 is 4.79 Å². The maximum atomic E-state index is 12.3. The van der Waals surface area contributed by atoms with E-state index in [0.717, 1.165) is 14.6 Å². The fraction of sp³-hybridized carbons (Fsp3) is 0.118. The molecule has 1 N–H and O–H groups in total. The standard InChI is InChI=1S/C17H13N3OS2/c1-11(16(21)19-13-8-6-12(10-18)7-9-13)22-17-20-14-4-2-3-5-15(14)23-17/h2-9,11H,1H3,(H,19,21)/t11-/m1/s1. The van der Waals surface area contributed by atoms with Gasteiger partial charge in [0.25, 0.3) is 0 Å². The van der Waals surface area contributed by atoms with E-state index in [0.29, 0.717) is 11.3 Å². The lowest BCUT2D eigenvalue weighted by molar-refractivity contribution is -0.115. The van der Waals surface area contributed by atoms with Gasteiger partial charge in [0.05, 0.1) is 27.1 Å². The molecule has 0 spiro atoms. The summed E-state index contributed by atoms with van der Waals surface area (Å²) in [6, 6.07) is 16.8. The van der Waals surface area contributed by atoms with Crippen molar-refractivity contribution >= 4 is 44.9 Å². The van der Waals surface area contributed by atoms with Crippen LogP contribution in [0.1, 0.15) is 12.5 Å². The SMILES string of the molecule is C[C@@H](Sc1nc2ccccc2s1)C(=O)Nc1ccc(C#N)cc1. The van der Waals surface area contributed by atoms with Crippen LogP contribution >= 0.6 is 23.1 Å². The van der Waals surface area contributed by atoms with Gasteiger partial charge in [-0.25, -0.2) is 4.98 Å². The third kappa shape index (κ3) is 3.70. The highest BCUT2D eigenvalue weighted by molar-refractivity contribution is 8.02. The van der Waals surface area contributed by atoms with Gasteiger partial charge in [-0.3, -0.25) is 4.79 Å². The van der Waals surface area contributed by atoms with Crippen LogP contribution in [0.2, 0.25) is 0 Å². The van der Waals surface area contributed by atoms with E-state index in [1.807, 2.05) is 31.2 Å². The number of hydrogen-bond donors (Lipinski definition) is 1. The average Bonchev–Trinajstić information content (AvgIpc) is 2.97. The number of nitriles is 1. The van der Waals surface area contributed by atoms with Crippen molar-refractivity contribution in [2.75, 3.05) is 5.32 Å². The number of para-hydroxylation sites is 1. The molecule has 3 rings (SSSR count). The van der Waals surface area contributed by atoms with Crippen LogP contribution in [-0.4, -0.2) is 16.1 Å². The first-order valence-corrected chi connectivity index (χ1v) is 8.68. The maximum Gasteiger partial charge on any atom is 0.237 e. The Balaban J connectivity index is 1.65. The van der Waals surface area contributed by atoms with Crippen LogP contribution in [0, 0.1) is 11.3 Å². The van der Waals surface area contributed by atoms with Crippen molar-refractivity contribution in [3.8, 4) is 6.07 Å². The van der Waals surface area contributed by atoms with Crippen LogP contribution in [0.5, 0.6) is 0 Å². The van der Waals surface area contributed by atoms with Gasteiger partial charge < -0.3 is 5.32 Å². The number of nitrogens with zero attached hydrogens (tertiary/aromatic N) is 2. The predicted molar refractivity (Wildman–Crippen MR) is 94.7 cm³/mol. The zero-order chi connectivity index (χ0) is 16.2. The van der Waals surface area contributed by atoms with Gasteiger partial charge >= 0.3 is 0 Å². The van der Waals surface area contributed by atoms with Crippen molar-refractivity contribution in [3.05, 3.63) is 54.1 Å². The minimum Gasteiger partial charge on any atom is -0.325 e. The molecule has 2 aromatic carbocycles. The van der Waals surface area contributed by atoms with Crippen molar-refractivity contribution in [2.24, 2.45) is 0 Å². The monoisotopic (exact) mass is 339 g/mol. The zero-order valence-electron chi connectivity index (χ0n) is 12.3. The van der Waals surface area contributed by atoms with Gasteiger partial charge in [0, 0.05) is 5.69 Å². The predicted octanol–water partition coefficient (Wildman–Crippen LogP) is 4.29. The third-order valence-corrected chi connectivity index (χ3v) is 5.43. The molecule has 114 valence electrons. The molecule has 4 nitrogen and oxygen atoms in total. The number of aromatic nitrogens is 1. The Hall–Kier alpha value is -2.36. The van der Waals surface area contributed by atoms with Gasteiger partial charge in [-0.2, -0.15) is 5.26 Å². The third-order valence-electron chi connectivity index (χ3n) is 3.20. The summed E-state index contributed by atoms with van der Waals surface area (Å²) in [5, 5.41) is 11.4. The van der Waals surface area contributed by atoms with Crippen molar-refractivity contribution in [2.45, 2.75) is 16.5 Å². The molecule has 6 heteroatoms. The Morgan fingerprint density at radius 2 is 2.00 bits per heavy atom. The number of rotatable bonds is 4. The Bertz CT molecular complexity index is 848. The lowest BCUT2D eigenvalue weighted by atomic mass is 10.2. The first kappa shape index (κ1) is 15.5. The fourth-order valence-corrected chi connectivity index (χ4v) is 4.19. The summed E-state index contributed by atoms with van der Waals surface area (Å²) in [5.41, 5.74) is 2.21. The molecule has 1 atom stereocenters. The highest BCUT2D eigenvalue weighted by Crippen LogP contribution is 2.32. The molecule has 0 aliphatic rings. The molecule has 1 heterocycles. The Morgan fingerprint density at radius 1 is 1.26 bits per heavy atom. The quantitative estimate of drug-likeness (QED) is 0.720. The van der Waals surface area contributed by atoms with E-state index in [-0.39, 0.29) is 11.2 Å². The van der Waals surface area contributed by atoms with E-state index in [9.17, 15) is 4.79 Å². The number of amides is 1. The van der Waals surface area contributed by atoms with Crippen LogP contribution < -0.4 is 5.32 Å². The Labute approximate surface area is 142 Å². The summed E-state index contributed by atoms with van der Waals surface area (Å²) in [5.74, 6) is -0.0843. The first-order valence-electron chi connectivity index (χ1n) is 6.99. The smallest absolute Gasteiger partial charge is 0.237 e. The average molecular weight is 339 g/mol. The topological polar surface area (TPSA) is 65.8 Å². The highest BCUT2D eigenvalue weighted by atomic mass is 32.2. The molecule has 1 amide bonds. The second-order valence-corrected chi connectivity index (χ2v) is 7.50. The summed E-state index contributed by atoms with van der Waals surface area (Å²) >= 11 is 3.04. The van der Waals surface area contributed by atoms with Gasteiger partial charge in [-0.1, -0.05) is 23.9 Å². The molecule has 0 fully saturated rings. The van der Waals surface area contributed by atoms with Crippen LogP contribution in [0.15, 0.2) is 52.9 Å². The lowest BCUT2D eigenvalue weighted by Gasteiger charge is -2.10. The van der Waals surface area contributed by atoms with Crippen LogP contribution in [0.3, 0.4) is 0 Å². The fourth-order valence-electron chi connectivity index (χ4n) is 1.98. The van der Waals surface area contributed by atoms with Crippen molar-refractivity contribution in [1.29, 1.82) is 5.26 Å². The number of anilines is 1. The number of carbonyl (C=O) groups is 1. The molecule has 3 aromatic rings. The summed E-state index contributed by atoms with van der Waals surface area (Å²) in [4.78, 5) is 16.8. The molecule has 0 saturated carbocycles. The van der Waals surface area contributed by atoms with E-state index in [1.54, 1.807) is 35.6 Å². The number of hydrogen-bond acceptors (Lipinski definition) is 5. The molecule has 0 bridgehead atoms. The second kappa shape index (κ2) is 6.82. The van der Waals surface area contributed by atoms with Gasteiger partial charge in [0.1, 0.15) is 0 Å². The first-order chi connectivity index (χ1) is 11.2. The number of nitrogens with one attached hydrogen (secondary N) is 1. The number of thiazole rings is 1. The molecule has 1 aromatic heterocycles. The molecule has 0 aliphatic carbocycles. The molecule has 0 aliphatic heterocycles. The summed E-state index contributed by atoms with van der Waals surface area (Å²) in [7, 11) is 0. The number of fused-ring (bicyclic) bond motifs is 1. The minimum absolute atomic E-state index is 0.0843. The van der Waals surface area contributed by atoms with E-state index in [4.69, 9.17) is 5.26 Å². The molecule has 0 radical (unpaired) electrons. The summed E-state index contributed by atoms with van der Waals surface area (Å²) in [6.07, 6.45) is 0. The van der Waals surface area contributed by atoms with E-state index >= 15 is 0 Å². The highest BCUT2D eigenvalue weighted by Gasteiger charge is 2.17. The summed E-state index contributed by atoms with van der Waals surface area (Å²) in [6.45, 7) is 1.86. The number of carbonyl (C=O) groups excluding carboxylic acids is 1. The molecular formula is C17H13N3OS2. The van der Waals surface area contributed by atoms with Gasteiger partial charge in [0.15, 0.2) is 4.34 Å². The lowest BCUT2D eigenvalue weighted by Crippen LogP contribution is -2.22. The number of benzene rings is 2. The van der Waals surface area contributed by atoms with E-state index in [1.165, 1.54) is 11.8 Å². The van der Waals surface area contributed by atoms with Crippen LogP contribution in [0.25, 0.3) is 10.2 Å². The van der Waals surface area contributed by atoms with Gasteiger partial charge in [-0.15, -0.1) is 11.3 Å². The normalized spacial score (nSPS) is 11.8. The van der Waals surface area contributed by atoms with Crippen molar-refractivity contribution in [3.63, 3.8) is 0 Å². The van der Waals surface area contributed by atoms with Gasteiger partial charge in [-0.05, 0) is 43.3 Å². The number of thioether (sulfide) groups is 1. The van der Waals surface area contributed by atoms with Crippen LogP contribution in [-0.2, 0) is 4.79 Å². The van der Waals surface area contributed by atoms with E-state index < -0.39 is 0 Å². The largest absolute Gasteiger partial charge is 0.325 e. The van der Waals surface area contributed by atoms with Gasteiger partial charge in [0.2, 0.25) is 5.91 Å². The Kier molecular flexibility index (Phi) is 4.60. The second-order valence-electron chi connectivity index (χ2n) is 4.89.